The lowest BCUT2D eigenvalue weighted by Gasteiger charge is -2.17. The lowest BCUT2D eigenvalue weighted by atomic mass is 9.86. The molecule has 0 spiro atoms. The minimum absolute atomic E-state index is 0.609. The Morgan fingerprint density at radius 1 is 0.250 bits per heavy atom. The summed E-state index contributed by atoms with van der Waals surface area (Å²) in [5.74, 6) is 1.84. The Morgan fingerprint density at radius 2 is 0.719 bits per heavy atom. The second-order valence-electron chi connectivity index (χ2n) is 16.6. The first-order valence-electron chi connectivity index (χ1n) is 21.7. The molecule has 0 saturated heterocycles. The van der Waals surface area contributed by atoms with E-state index >= 15 is 0 Å². The molecule has 11 aromatic carbocycles. The van der Waals surface area contributed by atoms with Crippen molar-refractivity contribution in [3.63, 3.8) is 0 Å². The third kappa shape index (κ3) is 5.84. The second kappa shape index (κ2) is 14.5. The molecule has 0 fully saturated rings. The van der Waals surface area contributed by atoms with Crippen LogP contribution in [0, 0.1) is 0 Å². The Bertz CT molecular complexity index is 3950. The highest BCUT2D eigenvalue weighted by atomic mass is 15.0. The van der Waals surface area contributed by atoms with E-state index in [4.69, 9.17) is 15.0 Å². The van der Waals surface area contributed by atoms with Gasteiger partial charge in [0.05, 0.1) is 0 Å². The van der Waals surface area contributed by atoms with Gasteiger partial charge in [0.25, 0.3) is 0 Å². The molecule has 0 unspecified atom stereocenters. The van der Waals surface area contributed by atoms with Crippen LogP contribution in [0.1, 0.15) is 0 Å². The van der Waals surface area contributed by atoms with Crippen LogP contribution in [0.5, 0.6) is 0 Å². The van der Waals surface area contributed by atoms with Crippen LogP contribution in [-0.2, 0) is 0 Å². The molecule has 0 aliphatic carbocycles. The summed E-state index contributed by atoms with van der Waals surface area (Å²) >= 11 is 0. The summed E-state index contributed by atoms with van der Waals surface area (Å²) in [5.41, 5.74) is 9.30. The smallest absolute Gasteiger partial charge is 0.164 e. The van der Waals surface area contributed by atoms with E-state index in [9.17, 15) is 0 Å². The Kier molecular flexibility index (Phi) is 8.18. The Hall–Kier alpha value is -8.60. The molecule has 13 aromatic rings. The molecule has 0 radical (unpaired) electrons. The monoisotopic (exact) mass is 812 g/mol. The number of pyridine rings is 1. The van der Waals surface area contributed by atoms with Crippen LogP contribution in [0.4, 0.5) is 0 Å². The molecule has 2 heterocycles. The van der Waals surface area contributed by atoms with Gasteiger partial charge in [0.2, 0.25) is 0 Å². The Labute approximate surface area is 369 Å². The number of hydrogen-bond donors (Lipinski definition) is 0. The first kappa shape index (κ1) is 36.1. The van der Waals surface area contributed by atoms with Gasteiger partial charge in [-0.15, -0.1) is 0 Å². The lowest BCUT2D eigenvalue weighted by molar-refractivity contribution is 1.07. The van der Waals surface area contributed by atoms with Crippen LogP contribution in [0.25, 0.3) is 132 Å². The van der Waals surface area contributed by atoms with Crippen LogP contribution in [0.15, 0.2) is 219 Å². The first-order valence-corrected chi connectivity index (χ1v) is 21.7. The van der Waals surface area contributed by atoms with Gasteiger partial charge < -0.3 is 0 Å². The topological polar surface area (TPSA) is 51.6 Å². The number of aromatic nitrogens is 4. The standard InChI is InChI=1S/C60H36N4/c1-2-12-40(13-3-1)58-62-59(64-60(63-58)52-23-5-4-22-48(52)46-21-11-31-61-36-46)45-20-7-18-42(33-45)41-17-6-19-43(32-41)47-34-44-30-29-39-15-9-25-50-49-24-8-14-37-27-28-38-16-10-26-51(56(38)54(37)49)53(35-47)57(44)55(39)50/h1-36H. The zero-order chi connectivity index (χ0) is 42.1. The highest BCUT2D eigenvalue weighted by Gasteiger charge is 2.19. The fourth-order valence-electron chi connectivity index (χ4n) is 9.96. The summed E-state index contributed by atoms with van der Waals surface area (Å²) in [6.45, 7) is 0. The predicted octanol–water partition coefficient (Wildman–Crippen LogP) is 15.6. The molecule has 0 atom stereocenters. The van der Waals surface area contributed by atoms with Crippen molar-refractivity contribution in [3.05, 3.63) is 219 Å². The van der Waals surface area contributed by atoms with Crippen LogP contribution < -0.4 is 0 Å². The SMILES string of the molecule is c1ccc(-c2nc(-c3cccc(-c4cccc(-c5cc6ccc7cccc8c9cccc%10ccc%11cccc(c(c5)c6c78)c%11c%109)c4)c3)nc(-c3ccccc3-c3cccnc3)n2)cc1. The van der Waals surface area contributed by atoms with Gasteiger partial charge in [-0.05, 0) is 123 Å². The molecule has 0 aliphatic rings. The van der Waals surface area contributed by atoms with Gasteiger partial charge in [-0.3, -0.25) is 4.98 Å². The van der Waals surface area contributed by atoms with E-state index in [1.54, 1.807) is 6.20 Å². The summed E-state index contributed by atoms with van der Waals surface area (Å²) in [6.07, 6.45) is 3.67. The van der Waals surface area contributed by atoms with E-state index < -0.39 is 0 Å². The largest absolute Gasteiger partial charge is 0.264 e. The molecule has 13 rings (SSSR count). The van der Waals surface area contributed by atoms with Crippen LogP contribution >= 0.6 is 0 Å². The summed E-state index contributed by atoms with van der Waals surface area (Å²) in [6, 6.07) is 74.1. The zero-order valence-corrected chi connectivity index (χ0v) is 34.6. The molecule has 0 saturated carbocycles. The summed E-state index contributed by atoms with van der Waals surface area (Å²) in [5, 5.41) is 15.3. The van der Waals surface area contributed by atoms with Crippen LogP contribution in [-0.4, -0.2) is 19.9 Å². The van der Waals surface area contributed by atoms with Crippen molar-refractivity contribution in [1.29, 1.82) is 0 Å². The van der Waals surface area contributed by atoms with Gasteiger partial charge in [-0.1, -0.05) is 176 Å². The molecule has 0 bridgehead atoms. The lowest BCUT2D eigenvalue weighted by Crippen LogP contribution is -2.01. The Balaban J connectivity index is 0.978. The summed E-state index contributed by atoms with van der Waals surface area (Å²) < 4.78 is 0. The molecule has 0 amide bonds. The number of fused-ring (bicyclic) bond motifs is 2. The molecular formula is C60H36N4. The van der Waals surface area contributed by atoms with Crippen molar-refractivity contribution in [2.45, 2.75) is 0 Å². The normalized spacial score (nSPS) is 11.8. The molecule has 64 heavy (non-hydrogen) atoms. The number of rotatable bonds is 6. The quantitative estimate of drug-likeness (QED) is 0.157. The van der Waals surface area contributed by atoms with Gasteiger partial charge in [-0.2, -0.15) is 0 Å². The fraction of sp³-hybridized carbons (Fsp3) is 0. The first-order chi connectivity index (χ1) is 31.7. The van der Waals surface area contributed by atoms with Gasteiger partial charge in [0, 0.05) is 34.6 Å². The van der Waals surface area contributed by atoms with Gasteiger partial charge in [-0.25, -0.2) is 15.0 Å². The molecular weight excluding hydrogens is 777 g/mol. The predicted molar refractivity (Wildman–Crippen MR) is 266 cm³/mol. The van der Waals surface area contributed by atoms with E-state index in [1.165, 1.54) is 70.2 Å². The van der Waals surface area contributed by atoms with Crippen molar-refractivity contribution < 1.29 is 0 Å². The average Bonchev–Trinajstić information content (AvgIpc) is 3.37. The van der Waals surface area contributed by atoms with E-state index in [0.29, 0.717) is 17.5 Å². The van der Waals surface area contributed by atoms with Crippen molar-refractivity contribution in [1.82, 2.24) is 19.9 Å². The minimum atomic E-state index is 0.609. The third-order valence-corrected chi connectivity index (χ3v) is 12.9. The van der Waals surface area contributed by atoms with E-state index in [2.05, 4.69) is 163 Å². The Morgan fingerprint density at radius 3 is 1.36 bits per heavy atom. The number of hydrogen-bond acceptors (Lipinski definition) is 4. The highest BCUT2D eigenvalue weighted by Crippen LogP contribution is 2.45. The number of benzene rings is 10. The van der Waals surface area contributed by atoms with Crippen molar-refractivity contribution in [2.75, 3.05) is 0 Å². The maximum Gasteiger partial charge on any atom is 0.164 e. The van der Waals surface area contributed by atoms with Gasteiger partial charge in [0.1, 0.15) is 0 Å². The van der Waals surface area contributed by atoms with E-state index in [0.717, 1.165) is 44.5 Å². The van der Waals surface area contributed by atoms with E-state index in [-0.39, 0.29) is 0 Å². The van der Waals surface area contributed by atoms with E-state index in [1.807, 2.05) is 54.7 Å². The highest BCUT2D eigenvalue weighted by molar-refractivity contribution is 6.37. The molecule has 0 aliphatic heterocycles. The minimum Gasteiger partial charge on any atom is -0.264 e. The fourth-order valence-corrected chi connectivity index (χ4v) is 9.96. The number of nitrogens with zero attached hydrogens (tertiary/aromatic N) is 4. The molecule has 4 nitrogen and oxygen atoms in total. The summed E-state index contributed by atoms with van der Waals surface area (Å²) in [4.78, 5) is 19.7. The molecule has 296 valence electrons. The average molecular weight is 813 g/mol. The molecule has 4 heteroatoms. The van der Waals surface area contributed by atoms with Gasteiger partial charge >= 0.3 is 0 Å². The zero-order valence-electron chi connectivity index (χ0n) is 34.6. The van der Waals surface area contributed by atoms with Gasteiger partial charge in [0.15, 0.2) is 17.5 Å². The maximum atomic E-state index is 5.18. The maximum absolute atomic E-state index is 5.18. The second-order valence-corrected chi connectivity index (χ2v) is 16.6. The van der Waals surface area contributed by atoms with Crippen LogP contribution in [0.3, 0.4) is 0 Å². The van der Waals surface area contributed by atoms with Crippen molar-refractivity contribution in [3.8, 4) is 67.5 Å². The van der Waals surface area contributed by atoms with Crippen molar-refractivity contribution in [2.24, 2.45) is 0 Å². The van der Waals surface area contributed by atoms with Crippen LogP contribution in [0.2, 0.25) is 0 Å². The summed E-state index contributed by atoms with van der Waals surface area (Å²) in [7, 11) is 0. The third-order valence-electron chi connectivity index (χ3n) is 12.9. The molecule has 0 N–H and O–H groups in total. The molecule has 2 aromatic heterocycles. The van der Waals surface area contributed by atoms with Crippen molar-refractivity contribution >= 4 is 64.6 Å².